The van der Waals surface area contributed by atoms with Crippen molar-refractivity contribution in [2.45, 2.75) is 17.5 Å². The predicted octanol–water partition coefficient (Wildman–Crippen LogP) is 6.47. The van der Waals surface area contributed by atoms with Crippen LogP contribution >= 0.6 is 35.0 Å². The first kappa shape index (κ1) is 24.0. The summed E-state index contributed by atoms with van der Waals surface area (Å²) in [7, 11) is 0. The van der Waals surface area contributed by atoms with Crippen LogP contribution < -0.4 is 10.6 Å². The molecule has 4 aromatic rings. The van der Waals surface area contributed by atoms with Gasteiger partial charge in [0.25, 0.3) is 0 Å². The number of rotatable bonds is 7. The molecule has 3 aromatic carbocycles. The van der Waals surface area contributed by atoms with E-state index in [0.717, 1.165) is 5.56 Å². The Hall–Kier alpha value is -3.14. The Bertz CT molecular complexity index is 1320. The van der Waals surface area contributed by atoms with Crippen molar-refractivity contribution in [3.8, 4) is 5.69 Å². The Morgan fingerprint density at radius 3 is 2.53 bits per heavy atom. The van der Waals surface area contributed by atoms with Crippen LogP contribution in [0.15, 0.2) is 71.9 Å². The lowest BCUT2D eigenvalue weighted by Gasteiger charge is -2.13. The summed E-state index contributed by atoms with van der Waals surface area (Å²) < 4.78 is 28.7. The lowest BCUT2D eigenvalue weighted by molar-refractivity contribution is 0.251. The number of hydrogen-bond acceptors (Lipinski definition) is 4. The van der Waals surface area contributed by atoms with E-state index in [0.29, 0.717) is 32.5 Å². The van der Waals surface area contributed by atoms with Crippen molar-refractivity contribution in [3.05, 3.63) is 99.8 Å². The maximum atomic E-state index is 13.8. The largest absolute Gasteiger partial charge is 0.331 e. The van der Waals surface area contributed by atoms with Gasteiger partial charge in [-0.3, -0.25) is 4.57 Å². The Morgan fingerprint density at radius 2 is 1.76 bits per heavy atom. The lowest BCUT2D eigenvalue weighted by Crippen LogP contribution is -2.29. The van der Waals surface area contributed by atoms with Crippen molar-refractivity contribution in [2.75, 3.05) is 5.32 Å². The number of benzene rings is 3. The monoisotopic (exact) mass is 519 g/mol. The number of thioether (sulfide) groups is 1. The van der Waals surface area contributed by atoms with Crippen LogP contribution in [0.3, 0.4) is 0 Å². The van der Waals surface area contributed by atoms with Gasteiger partial charge in [-0.15, -0.1) is 10.2 Å². The number of hydrogen-bond donors (Lipinski definition) is 2. The molecule has 0 saturated carbocycles. The van der Waals surface area contributed by atoms with E-state index >= 15 is 0 Å². The lowest BCUT2D eigenvalue weighted by atomic mass is 10.2. The normalized spacial score (nSPS) is 10.8. The fourth-order valence-electron chi connectivity index (χ4n) is 3.02. The highest BCUT2D eigenvalue weighted by atomic mass is 35.5. The fraction of sp³-hybridized carbons (Fsp3) is 0.0870. The highest BCUT2D eigenvalue weighted by Crippen LogP contribution is 2.31. The SMILES string of the molecule is O=C(NCc1nnc(SCc2ccc(F)cc2)n1-c1cc(Cl)ccc1Cl)Nc1ccccc1F. The topological polar surface area (TPSA) is 71.8 Å². The van der Waals surface area contributed by atoms with Crippen LogP contribution in [-0.2, 0) is 12.3 Å². The first-order chi connectivity index (χ1) is 16.4. The van der Waals surface area contributed by atoms with E-state index in [4.69, 9.17) is 23.2 Å². The number of para-hydroxylation sites is 1. The molecule has 0 aliphatic carbocycles. The molecule has 2 amide bonds. The highest BCUT2D eigenvalue weighted by molar-refractivity contribution is 7.98. The molecule has 2 N–H and O–H groups in total. The second-order valence-corrected chi connectivity index (χ2v) is 8.82. The molecule has 11 heteroatoms. The number of nitrogens with zero attached hydrogens (tertiary/aromatic N) is 3. The van der Waals surface area contributed by atoms with E-state index in [-0.39, 0.29) is 18.0 Å². The van der Waals surface area contributed by atoms with Crippen molar-refractivity contribution in [1.29, 1.82) is 0 Å². The number of nitrogens with one attached hydrogen (secondary N) is 2. The minimum absolute atomic E-state index is 0.0206. The van der Waals surface area contributed by atoms with Crippen molar-refractivity contribution >= 4 is 46.7 Å². The Labute approximate surface area is 208 Å². The fourth-order valence-corrected chi connectivity index (χ4v) is 4.31. The molecule has 6 nitrogen and oxygen atoms in total. The van der Waals surface area contributed by atoms with Crippen molar-refractivity contribution in [2.24, 2.45) is 0 Å². The third-order valence-electron chi connectivity index (χ3n) is 4.66. The summed E-state index contributed by atoms with van der Waals surface area (Å²) in [5, 5.41) is 14.9. The third kappa shape index (κ3) is 5.85. The molecule has 1 aromatic heterocycles. The zero-order chi connectivity index (χ0) is 24.1. The predicted molar refractivity (Wildman–Crippen MR) is 130 cm³/mol. The first-order valence-electron chi connectivity index (χ1n) is 9.97. The molecule has 0 saturated heterocycles. The van der Waals surface area contributed by atoms with E-state index in [1.165, 1.54) is 42.1 Å². The van der Waals surface area contributed by atoms with E-state index in [2.05, 4.69) is 20.8 Å². The molecule has 4 rings (SSSR count). The number of halogens is 4. The number of aromatic nitrogens is 3. The highest BCUT2D eigenvalue weighted by Gasteiger charge is 2.18. The van der Waals surface area contributed by atoms with Gasteiger partial charge in [0.2, 0.25) is 0 Å². The Morgan fingerprint density at radius 1 is 1.00 bits per heavy atom. The number of amides is 2. The first-order valence-corrected chi connectivity index (χ1v) is 11.7. The second kappa shape index (κ2) is 10.9. The standard InChI is InChI=1S/C23H17Cl2F2N5OS/c24-15-7-10-17(25)20(11-15)32-21(12-28-22(33)29-19-4-2-1-3-18(19)27)30-31-23(32)34-13-14-5-8-16(26)9-6-14/h1-11H,12-13H2,(H2,28,29,33). The summed E-state index contributed by atoms with van der Waals surface area (Å²) in [4.78, 5) is 12.3. The van der Waals surface area contributed by atoms with Crippen LogP contribution in [-0.4, -0.2) is 20.8 Å². The quantitative estimate of drug-likeness (QED) is 0.274. The van der Waals surface area contributed by atoms with E-state index in [1.807, 2.05) is 0 Å². The summed E-state index contributed by atoms with van der Waals surface area (Å²) >= 11 is 14.0. The van der Waals surface area contributed by atoms with Crippen LogP contribution in [0, 0.1) is 11.6 Å². The van der Waals surface area contributed by atoms with Crippen LogP contribution in [0.1, 0.15) is 11.4 Å². The van der Waals surface area contributed by atoms with Crippen LogP contribution in [0.5, 0.6) is 0 Å². The van der Waals surface area contributed by atoms with Gasteiger partial charge in [-0.05, 0) is 48.0 Å². The van der Waals surface area contributed by atoms with Crippen molar-refractivity contribution in [1.82, 2.24) is 20.1 Å². The zero-order valence-electron chi connectivity index (χ0n) is 17.4. The summed E-state index contributed by atoms with van der Waals surface area (Å²) in [5.41, 5.74) is 1.48. The minimum Gasteiger partial charge on any atom is -0.331 e. The molecule has 0 unspecified atom stereocenters. The summed E-state index contributed by atoms with van der Waals surface area (Å²) in [6.07, 6.45) is 0. The van der Waals surface area contributed by atoms with Crippen molar-refractivity contribution < 1.29 is 13.6 Å². The van der Waals surface area contributed by atoms with Gasteiger partial charge >= 0.3 is 6.03 Å². The van der Waals surface area contributed by atoms with Crippen LogP contribution in [0.4, 0.5) is 19.3 Å². The summed E-state index contributed by atoms with van der Waals surface area (Å²) in [5.74, 6) is 0.0164. The molecule has 0 radical (unpaired) electrons. The summed E-state index contributed by atoms with van der Waals surface area (Å²) in [6.45, 7) is -0.0206. The van der Waals surface area contributed by atoms with Crippen LogP contribution in [0.25, 0.3) is 5.69 Å². The molecule has 0 spiro atoms. The van der Waals surface area contributed by atoms with E-state index < -0.39 is 11.8 Å². The van der Waals surface area contributed by atoms with E-state index in [9.17, 15) is 13.6 Å². The van der Waals surface area contributed by atoms with Gasteiger partial charge in [-0.25, -0.2) is 13.6 Å². The van der Waals surface area contributed by atoms with Gasteiger partial charge < -0.3 is 10.6 Å². The molecule has 0 fully saturated rings. The maximum Gasteiger partial charge on any atom is 0.319 e. The number of carbonyl (C=O) groups excluding carboxylic acids is 1. The van der Waals surface area contributed by atoms with Gasteiger partial charge in [-0.1, -0.05) is 59.2 Å². The van der Waals surface area contributed by atoms with Gasteiger partial charge in [0, 0.05) is 10.8 Å². The van der Waals surface area contributed by atoms with Gasteiger partial charge in [0.05, 0.1) is 22.9 Å². The molecule has 0 aliphatic heterocycles. The Kier molecular flexibility index (Phi) is 7.66. The number of anilines is 1. The molecular formula is C23H17Cl2F2N5OS. The Balaban J connectivity index is 1.56. The average molecular weight is 520 g/mol. The molecule has 34 heavy (non-hydrogen) atoms. The molecule has 0 bridgehead atoms. The minimum atomic E-state index is -0.614. The molecule has 0 atom stereocenters. The zero-order valence-corrected chi connectivity index (χ0v) is 19.8. The third-order valence-corrected chi connectivity index (χ3v) is 6.21. The van der Waals surface area contributed by atoms with Gasteiger partial charge in [0.1, 0.15) is 11.6 Å². The molecule has 174 valence electrons. The van der Waals surface area contributed by atoms with E-state index in [1.54, 1.807) is 41.0 Å². The smallest absolute Gasteiger partial charge is 0.319 e. The number of carbonyl (C=O) groups is 1. The molecule has 0 aliphatic rings. The molecule has 1 heterocycles. The molecular weight excluding hydrogens is 503 g/mol. The van der Waals surface area contributed by atoms with Crippen LogP contribution in [0.2, 0.25) is 10.0 Å². The summed E-state index contributed by atoms with van der Waals surface area (Å²) in [6, 6.07) is 16.3. The maximum absolute atomic E-state index is 13.8. The number of urea groups is 1. The van der Waals surface area contributed by atoms with Gasteiger partial charge in [-0.2, -0.15) is 0 Å². The van der Waals surface area contributed by atoms with Crippen molar-refractivity contribution in [3.63, 3.8) is 0 Å². The van der Waals surface area contributed by atoms with Gasteiger partial charge in [0.15, 0.2) is 11.0 Å². The average Bonchev–Trinajstić information content (AvgIpc) is 3.23. The second-order valence-electron chi connectivity index (χ2n) is 7.03.